The molecule has 1 atom stereocenters. The predicted molar refractivity (Wildman–Crippen MR) is 284 cm³/mol. The summed E-state index contributed by atoms with van der Waals surface area (Å²) in [6, 6.07) is 0. The van der Waals surface area contributed by atoms with Crippen molar-refractivity contribution in [2.45, 2.75) is 303 Å². The Kier molecular flexibility index (Phi) is 52.8. The molecule has 0 rings (SSSR count). The average Bonchev–Trinajstić information content (AvgIpc) is 3.31. The summed E-state index contributed by atoms with van der Waals surface area (Å²) < 4.78 is 16.8. The highest BCUT2D eigenvalue weighted by molar-refractivity contribution is 5.71. The van der Waals surface area contributed by atoms with E-state index in [-0.39, 0.29) is 31.1 Å². The van der Waals surface area contributed by atoms with E-state index in [9.17, 15) is 14.4 Å². The minimum absolute atomic E-state index is 0.0793. The third-order valence-corrected chi connectivity index (χ3v) is 12.6. The first-order chi connectivity index (χ1) is 32.5. The zero-order chi connectivity index (χ0) is 47.9. The standard InChI is InChI=1S/C60H108O6/c1-4-7-10-13-16-19-22-24-26-28-30-32-33-35-38-41-44-47-50-53-59(62)65-56-57(55-64-58(61)52-49-46-43-40-37-21-18-15-12-9-6-3)66-60(63)54-51-48-45-42-39-36-34-31-29-27-25-23-20-17-14-11-8-5-2/h15-16,18-19,24,26,30,32,57H,4-14,17,20-23,25,27-29,31,33-56H2,1-3H3/b18-15-,19-16-,26-24-,32-30-/t57-/m1/s1. The maximum atomic E-state index is 12.8. The maximum Gasteiger partial charge on any atom is 0.306 e. The minimum atomic E-state index is -0.779. The molecule has 0 heterocycles. The molecule has 0 aromatic heterocycles. The van der Waals surface area contributed by atoms with Crippen molar-refractivity contribution < 1.29 is 28.6 Å². The van der Waals surface area contributed by atoms with E-state index in [4.69, 9.17) is 14.2 Å². The van der Waals surface area contributed by atoms with Crippen LogP contribution in [0.25, 0.3) is 0 Å². The Hall–Kier alpha value is -2.63. The van der Waals surface area contributed by atoms with Crippen LogP contribution in [-0.2, 0) is 28.6 Å². The molecular formula is C60H108O6. The SMILES string of the molecule is CCCC/C=C\CCCCCCCC(=O)OC[C@H](COC(=O)CCCCCCCC/C=C\C/C=C\C/C=C\CCCCC)OC(=O)CCCCCCCCCCCCCCCCCCCC. The van der Waals surface area contributed by atoms with E-state index in [0.29, 0.717) is 19.3 Å². The summed E-state index contributed by atoms with van der Waals surface area (Å²) in [6.45, 7) is 6.59. The Morgan fingerprint density at radius 2 is 0.561 bits per heavy atom. The number of carbonyl (C=O) groups is 3. The van der Waals surface area contributed by atoms with Crippen LogP contribution in [0.2, 0.25) is 0 Å². The molecule has 0 saturated carbocycles. The number of esters is 3. The lowest BCUT2D eigenvalue weighted by atomic mass is 10.0. The van der Waals surface area contributed by atoms with E-state index in [1.54, 1.807) is 0 Å². The Morgan fingerprint density at radius 1 is 0.303 bits per heavy atom. The number of hydrogen-bond acceptors (Lipinski definition) is 6. The maximum absolute atomic E-state index is 12.8. The van der Waals surface area contributed by atoms with Crippen molar-refractivity contribution in [1.82, 2.24) is 0 Å². The second-order valence-corrected chi connectivity index (χ2v) is 19.2. The molecule has 0 N–H and O–H groups in total. The Bertz CT molecular complexity index is 1150. The zero-order valence-electron chi connectivity index (χ0n) is 44.0. The largest absolute Gasteiger partial charge is 0.462 e. The van der Waals surface area contributed by atoms with Gasteiger partial charge in [-0.25, -0.2) is 0 Å². The monoisotopic (exact) mass is 925 g/mol. The van der Waals surface area contributed by atoms with E-state index in [1.807, 2.05) is 0 Å². The second kappa shape index (κ2) is 55.0. The topological polar surface area (TPSA) is 78.9 Å². The first kappa shape index (κ1) is 63.4. The fourth-order valence-electron chi connectivity index (χ4n) is 8.20. The summed E-state index contributed by atoms with van der Waals surface area (Å²) in [5.41, 5.74) is 0. The van der Waals surface area contributed by atoms with Crippen LogP contribution < -0.4 is 0 Å². The summed E-state index contributed by atoms with van der Waals surface area (Å²) in [5, 5.41) is 0. The zero-order valence-corrected chi connectivity index (χ0v) is 44.0. The molecule has 0 aliphatic carbocycles. The van der Waals surface area contributed by atoms with Crippen LogP contribution in [0.15, 0.2) is 48.6 Å². The molecule has 0 saturated heterocycles. The van der Waals surface area contributed by atoms with E-state index in [0.717, 1.165) is 83.5 Å². The van der Waals surface area contributed by atoms with Crippen molar-refractivity contribution in [3.8, 4) is 0 Å². The summed E-state index contributed by atoms with van der Waals surface area (Å²) in [6.07, 6.45) is 66.7. The van der Waals surface area contributed by atoms with Crippen LogP contribution in [0.4, 0.5) is 0 Å². The highest BCUT2D eigenvalue weighted by Gasteiger charge is 2.19. The Labute approximate surface area is 409 Å². The van der Waals surface area contributed by atoms with Gasteiger partial charge >= 0.3 is 17.9 Å². The van der Waals surface area contributed by atoms with Gasteiger partial charge in [0.15, 0.2) is 6.10 Å². The molecule has 0 aliphatic heterocycles. The third kappa shape index (κ3) is 52.3. The van der Waals surface area contributed by atoms with Crippen molar-refractivity contribution in [3.63, 3.8) is 0 Å². The summed E-state index contributed by atoms with van der Waals surface area (Å²) in [5.74, 6) is -0.887. The number of unbranched alkanes of at least 4 members (excludes halogenated alkanes) is 33. The minimum Gasteiger partial charge on any atom is -0.462 e. The number of allylic oxidation sites excluding steroid dienone is 8. The van der Waals surface area contributed by atoms with Crippen LogP contribution in [0.1, 0.15) is 297 Å². The lowest BCUT2D eigenvalue weighted by molar-refractivity contribution is -0.167. The quantitative estimate of drug-likeness (QED) is 0.0262. The molecule has 6 heteroatoms. The number of ether oxygens (including phenoxy) is 3. The van der Waals surface area contributed by atoms with Gasteiger partial charge in [-0.15, -0.1) is 0 Å². The fraction of sp³-hybridized carbons (Fsp3) is 0.817. The summed E-state index contributed by atoms with van der Waals surface area (Å²) in [7, 11) is 0. The molecule has 0 aliphatic rings. The van der Waals surface area contributed by atoms with Crippen LogP contribution in [0.3, 0.4) is 0 Å². The van der Waals surface area contributed by atoms with Crippen LogP contribution in [0.5, 0.6) is 0 Å². The molecule has 0 unspecified atom stereocenters. The van der Waals surface area contributed by atoms with E-state index >= 15 is 0 Å². The fourth-order valence-corrected chi connectivity index (χ4v) is 8.20. The normalized spacial score (nSPS) is 12.3. The van der Waals surface area contributed by atoms with Gasteiger partial charge in [-0.1, -0.05) is 249 Å². The van der Waals surface area contributed by atoms with Gasteiger partial charge in [-0.05, 0) is 77.0 Å². The van der Waals surface area contributed by atoms with Crippen molar-refractivity contribution in [1.29, 1.82) is 0 Å². The number of carbonyl (C=O) groups excluding carboxylic acids is 3. The lowest BCUT2D eigenvalue weighted by Crippen LogP contribution is -2.30. The molecule has 0 fully saturated rings. The molecule has 66 heavy (non-hydrogen) atoms. The van der Waals surface area contributed by atoms with Gasteiger partial charge in [0.25, 0.3) is 0 Å². The highest BCUT2D eigenvalue weighted by Crippen LogP contribution is 2.16. The predicted octanol–water partition coefficient (Wildman–Crippen LogP) is 19.0. The molecule has 0 amide bonds. The van der Waals surface area contributed by atoms with E-state index in [1.165, 1.54) is 173 Å². The molecule has 0 spiro atoms. The first-order valence-electron chi connectivity index (χ1n) is 28.6. The second-order valence-electron chi connectivity index (χ2n) is 19.2. The number of hydrogen-bond donors (Lipinski definition) is 0. The van der Waals surface area contributed by atoms with Crippen molar-refractivity contribution in [3.05, 3.63) is 48.6 Å². The van der Waals surface area contributed by atoms with E-state index < -0.39 is 6.10 Å². The first-order valence-corrected chi connectivity index (χ1v) is 28.6. The van der Waals surface area contributed by atoms with Crippen LogP contribution >= 0.6 is 0 Å². The van der Waals surface area contributed by atoms with Crippen molar-refractivity contribution >= 4 is 17.9 Å². The Balaban J connectivity index is 4.33. The van der Waals surface area contributed by atoms with Crippen LogP contribution in [0, 0.1) is 0 Å². The molecule has 6 nitrogen and oxygen atoms in total. The number of rotatable bonds is 52. The van der Waals surface area contributed by atoms with Gasteiger partial charge in [0.05, 0.1) is 0 Å². The molecule has 0 aromatic rings. The Morgan fingerprint density at radius 3 is 0.939 bits per heavy atom. The van der Waals surface area contributed by atoms with E-state index in [2.05, 4.69) is 69.4 Å². The summed E-state index contributed by atoms with van der Waals surface area (Å²) in [4.78, 5) is 38.1. The van der Waals surface area contributed by atoms with Gasteiger partial charge in [-0.3, -0.25) is 14.4 Å². The van der Waals surface area contributed by atoms with Crippen molar-refractivity contribution in [2.75, 3.05) is 13.2 Å². The molecule has 0 aromatic carbocycles. The van der Waals surface area contributed by atoms with Gasteiger partial charge < -0.3 is 14.2 Å². The average molecular weight is 926 g/mol. The molecule has 384 valence electrons. The molecular weight excluding hydrogens is 817 g/mol. The third-order valence-electron chi connectivity index (χ3n) is 12.6. The smallest absolute Gasteiger partial charge is 0.306 e. The molecule has 0 radical (unpaired) electrons. The van der Waals surface area contributed by atoms with Crippen LogP contribution in [-0.4, -0.2) is 37.2 Å². The van der Waals surface area contributed by atoms with Gasteiger partial charge in [-0.2, -0.15) is 0 Å². The molecule has 0 bridgehead atoms. The van der Waals surface area contributed by atoms with Gasteiger partial charge in [0.1, 0.15) is 13.2 Å². The highest BCUT2D eigenvalue weighted by atomic mass is 16.6. The van der Waals surface area contributed by atoms with Gasteiger partial charge in [0.2, 0.25) is 0 Å². The van der Waals surface area contributed by atoms with Gasteiger partial charge in [0, 0.05) is 19.3 Å². The van der Waals surface area contributed by atoms with Crippen molar-refractivity contribution in [2.24, 2.45) is 0 Å². The summed E-state index contributed by atoms with van der Waals surface area (Å²) >= 11 is 0. The lowest BCUT2D eigenvalue weighted by Gasteiger charge is -2.18.